The highest BCUT2D eigenvalue weighted by Crippen LogP contribution is 2.25. The van der Waals surface area contributed by atoms with E-state index in [1.54, 1.807) is 0 Å². The summed E-state index contributed by atoms with van der Waals surface area (Å²) in [5.74, 6) is -2.08. The SMILES string of the molecule is Cc1cc(Br)ccc1N1CCN(C(=S)Nc2ccc(C(=O)O)c(F)c2)CC1. The lowest BCUT2D eigenvalue weighted by atomic mass is 10.1. The summed E-state index contributed by atoms with van der Waals surface area (Å²) in [6.07, 6.45) is 0. The summed E-state index contributed by atoms with van der Waals surface area (Å²) in [7, 11) is 0. The molecule has 0 atom stereocenters. The lowest BCUT2D eigenvalue weighted by Crippen LogP contribution is -2.50. The Bertz CT molecular complexity index is 885. The largest absolute Gasteiger partial charge is 0.478 e. The van der Waals surface area contributed by atoms with Crippen molar-refractivity contribution in [3.05, 3.63) is 57.8 Å². The third kappa shape index (κ3) is 4.56. The average Bonchev–Trinajstić information content (AvgIpc) is 2.61. The van der Waals surface area contributed by atoms with Crippen LogP contribution in [-0.4, -0.2) is 47.3 Å². The highest BCUT2D eigenvalue weighted by Gasteiger charge is 2.20. The number of thiocarbonyl (C=S) groups is 1. The highest BCUT2D eigenvalue weighted by atomic mass is 79.9. The van der Waals surface area contributed by atoms with E-state index < -0.39 is 11.8 Å². The number of anilines is 2. The number of carboxylic acids is 1. The van der Waals surface area contributed by atoms with Crippen LogP contribution in [-0.2, 0) is 0 Å². The first-order chi connectivity index (χ1) is 12.8. The van der Waals surface area contributed by atoms with E-state index in [4.69, 9.17) is 17.3 Å². The number of carbonyl (C=O) groups is 1. The predicted molar refractivity (Wildman–Crippen MR) is 112 cm³/mol. The van der Waals surface area contributed by atoms with Gasteiger partial charge in [0.25, 0.3) is 0 Å². The molecule has 0 aromatic heterocycles. The van der Waals surface area contributed by atoms with Crippen LogP contribution in [0, 0.1) is 12.7 Å². The van der Waals surface area contributed by atoms with Gasteiger partial charge in [-0.15, -0.1) is 0 Å². The monoisotopic (exact) mass is 451 g/mol. The Morgan fingerprint density at radius 3 is 2.48 bits per heavy atom. The zero-order valence-corrected chi connectivity index (χ0v) is 17.1. The first-order valence-electron chi connectivity index (χ1n) is 8.45. The van der Waals surface area contributed by atoms with Gasteiger partial charge in [-0.1, -0.05) is 15.9 Å². The van der Waals surface area contributed by atoms with Gasteiger partial charge in [-0.05, 0) is 61.1 Å². The number of aromatic carboxylic acids is 1. The van der Waals surface area contributed by atoms with Crippen LogP contribution in [0.25, 0.3) is 0 Å². The van der Waals surface area contributed by atoms with Gasteiger partial charge in [0.05, 0.1) is 5.56 Å². The van der Waals surface area contributed by atoms with E-state index in [0.717, 1.165) is 36.7 Å². The fraction of sp³-hybridized carbons (Fsp3) is 0.263. The second kappa shape index (κ2) is 8.22. The molecule has 2 aromatic rings. The van der Waals surface area contributed by atoms with E-state index in [1.807, 2.05) is 11.0 Å². The van der Waals surface area contributed by atoms with Crippen molar-refractivity contribution in [1.82, 2.24) is 4.90 Å². The van der Waals surface area contributed by atoms with E-state index in [0.29, 0.717) is 10.8 Å². The van der Waals surface area contributed by atoms with Crippen LogP contribution in [0.4, 0.5) is 15.8 Å². The van der Waals surface area contributed by atoms with Gasteiger partial charge >= 0.3 is 5.97 Å². The molecule has 142 valence electrons. The van der Waals surface area contributed by atoms with Crippen molar-refractivity contribution in [1.29, 1.82) is 0 Å². The maximum absolute atomic E-state index is 13.8. The number of hydrogen-bond acceptors (Lipinski definition) is 3. The number of carboxylic acid groups (broad SMARTS) is 1. The standard InChI is InChI=1S/C19H19BrFN3O2S/c1-12-10-13(20)2-5-17(12)23-6-8-24(9-7-23)19(27)22-14-3-4-15(18(25)26)16(21)11-14/h2-5,10-11H,6-9H2,1H3,(H,22,27)(H,25,26). The Balaban J connectivity index is 1.60. The number of rotatable bonds is 3. The third-order valence-electron chi connectivity index (χ3n) is 4.52. The Labute approximate surface area is 170 Å². The average molecular weight is 452 g/mol. The molecule has 27 heavy (non-hydrogen) atoms. The van der Waals surface area contributed by atoms with Gasteiger partial charge in [-0.25, -0.2) is 9.18 Å². The Kier molecular flexibility index (Phi) is 5.96. The molecule has 1 saturated heterocycles. The molecule has 0 saturated carbocycles. The first-order valence-corrected chi connectivity index (χ1v) is 9.65. The number of nitrogens with one attached hydrogen (secondary N) is 1. The second-order valence-corrected chi connectivity index (χ2v) is 7.64. The number of aryl methyl sites for hydroxylation is 1. The zero-order valence-electron chi connectivity index (χ0n) is 14.7. The van der Waals surface area contributed by atoms with Crippen LogP contribution in [0.5, 0.6) is 0 Å². The van der Waals surface area contributed by atoms with Gasteiger partial charge in [0.15, 0.2) is 5.11 Å². The summed E-state index contributed by atoms with van der Waals surface area (Å²) >= 11 is 8.92. The van der Waals surface area contributed by atoms with E-state index in [9.17, 15) is 9.18 Å². The maximum atomic E-state index is 13.8. The van der Waals surface area contributed by atoms with Crippen molar-refractivity contribution in [3.63, 3.8) is 0 Å². The summed E-state index contributed by atoms with van der Waals surface area (Å²) in [5.41, 5.74) is 2.51. The van der Waals surface area contributed by atoms with Crippen molar-refractivity contribution in [2.75, 3.05) is 36.4 Å². The van der Waals surface area contributed by atoms with Gasteiger partial charge in [-0.2, -0.15) is 0 Å². The minimum absolute atomic E-state index is 0.357. The highest BCUT2D eigenvalue weighted by molar-refractivity contribution is 9.10. The molecule has 0 aliphatic carbocycles. The fourth-order valence-electron chi connectivity index (χ4n) is 3.09. The van der Waals surface area contributed by atoms with Crippen molar-refractivity contribution < 1.29 is 14.3 Å². The number of hydrogen-bond donors (Lipinski definition) is 2. The summed E-state index contributed by atoms with van der Waals surface area (Å²) < 4.78 is 14.9. The van der Waals surface area contributed by atoms with Gasteiger partial charge in [0, 0.05) is 42.0 Å². The van der Waals surface area contributed by atoms with Gasteiger partial charge < -0.3 is 20.2 Å². The van der Waals surface area contributed by atoms with E-state index in [2.05, 4.69) is 45.2 Å². The second-order valence-electron chi connectivity index (χ2n) is 6.33. The van der Waals surface area contributed by atoms with Crippen LogP contribution in [0.2, 0.25) is 0 Å². The summed E-state index contributed by atoms with van der Waals surface area (Å²) in [6.45, 7) is 5.25. The van der Waals surface area contributed by atoms with Crippen LogP contribution in [0.3, 0.4) is 0 Å². The summed E-state index contributed by atoms with van der Waals surface area (Å²) in [4.78, 5) is 15.2. The summed E-state index contributed by atoms with van der Waals surface area (Å²) in [6, 6.07) is 10.1. The van der Waals surface area contributed by atoms with Crippen molar-refractivity contribution in [2.45, 2.75) is 6.92 Å². The molecule has 1 fully saturated rings. The van der Waals surface area contributed by atoms with E-state index >= 15 is 0 Å². The van der Waals surface area contributed by atoms with Crippen LogP contribution >= 0.6 is 28.1 Å². The number of nitrogens with zero attached hydrogens (tertiary/aromatic N) is 2. The molecule has 0 bridgehead atoms. The topological polar surface area (TPSA) is 55.8 Å². The van der Waals surface area contributed by atoms with E-state index in [-0.39, 0.29) is 5.56 Å². The molecule has 3 rings (SSSR count). The zero-order chi connectivity index (χ0) is 19.6. The molecule has 5 nitrogen and oxygen atoms in total. The maximum Gasteiger partial charge on any atom is 0.338 e. The molecule has 1 aliphatic heterocycles. The molecule has 1 heterocycles. The normalized spacial score (nSPS) is 14.2. The van der Waals surface area contributed by atoms with Crippen molar-refractivity contribution >= 4 is 50.6 Å². The molecule has 0 unspecified atom stereocenters. The predicted octanol–water partition coefficient (Wildman–Crippen LogP) is 4.11. The Morgan fingerprint density at radius 2 is 1.89 bits per heavy atom. The van der Waals surface area contributed by atoms with Crippen LogP contribution < -0.4 is 10.2 Å². The van der Waals surface area contributed by atoms with E-state index in [1.165, 1.54) is 23.4 Å². The first kappa shape index (κ1) is 19.6. The molecule has 8 heteroatoms. The third-order valence-corrected chi connectivity index (χ3v) is 5.37. The van der Waals surface area contributed by atoms with Gasteiger partial charge in [0.2, 0.25) is 0 Å². The quantitative estimate of drug-likeness (QED) is 0.684. The molecular weight excluding hydrogens is 433 g/mol. The minimum Gasteiger partial charge on any atom is -0.478 e. The molecule has 1 aliphatic rings. The molecule has 2 aromatic carbocycles. The van der Waals surface area contributed by atoms with Gasteiger partial charge in [-0.3, -0.25) is 0 Å². The molecule has 0 radical (unpaired) electrons. The van der Waals surface area contributed by atoms with Crippen molar-refractivity contribution in [2.24, 2.45) is 0 Å². The fourth-order valence-corrected chi connectivity index (χ4v) is 3.87. The number of piperazine rings is 1. The smallest absolute Gasteiger partial charge is 0.338 e. The summed E-state index contributed by atoms with van der Waals surface area (Å²) in [5, 5.41) is 12.4. The lowest BCUT2D eigenvalue weighted by molar-refractivity contribution is 0.0692. The molecular formula is C19H19BrFN3O2S. The van der Waals surface area contributed by atoms with Crippen LogP contribution in [0.15, 0.2) is 40.9 Å². The number of halogens is 2. The Hall–Kier alpha value is -2.19. The van der Waals surface area contributed by atoms with Gasteiger partial charge in [0.1, 0.15) is 5.82 Å². The van der Waals surface area contributed by atoms with Crippen molar-refractivity contribution in [3.8, 4) is 0 Å². The molecule has 0 amide bonds. The minimum atomic E-state index is -1.29. The molecule has 2 N–H and O–H groups in total. The molecule has 0 spiro atoms. The van der Waals surface area contributed by atoms with Crippen LogP contribution in [0.1, 0.15) is 15.9 Å². The number of benzene rings is 2. The Morgan fingerprint density at radius 1 is 1.19 bits per heavy atom. The lowest BCUT2D eigenvalue weighted by Gasteiger charge is -2.38.